The number of carbonyl (C=O) groups excluding carboxylic acids is 4. The molecule has 5 rings (SSSR count). The first-order valence-corrected chi connectivity index (χ1v) is 20.0. The Morgan fingerprint density at radius 3 is 2.09 bits per heavy atom. The normalized spacial score (nSPS) is 17.7. The number of fused-ring (bicyclic) bond motifs is 5. The fourth-order valence-electron chi connectivity index (χ4n) is 6.94. The Bertz CT molecular complexity index is 2150. The van der Waals surface area contributed by atoms with Crippen molar-refractivity contribution < 1.29 is 39.3 Å². The van der Waals surface area contributed by atoms with Crippen molar-refractivity contribution in [3.05, 3.63) is 103 Å². The molecule has 0 fully saturated rings. The Morgan fingerprint density at radius 2 is 1.48 bits per heavy atom. The number of Topliss-reactive ketones (excluding diaryl/α,β-unsaturated/α-hetero) is 2. The van der Waals surface area contributed by atoms with Crippen LogP contribution in [-0.2, 0) is 25.6 Å². The quantitative estimate of drug-likeness (QED) is 0.0738. The number of carboxylic acid groups (broad SMARTS) is 1. The summed E-state index contributed by atoms with van der Waals surface area (Å²) >= 11 is 12.7. The first-order chi connectivity index (χ1) is 26.6. The molecule has 0 aromatic heterocycles. The fourth-order valence-corrected chi connectivity index (χ4v) is 8.05. The van der Waals surface area contributed by atoms with Crippen molar-refractivity contribution in [2.75, 3.05) is 13.6 Å². The number of ketones is 2. The number of hydrogen-bond donors (Lipinski definition) is 5. The molecule has 14 heteroatoms. The molecule has 0 saturated carbocycles. The summed E-state index contributed by atoms with van der Waals surface area (Å²) in [6.45, 7) is 1.88. The van der Waals surface area contributed by atoms with E-state index < -0.39 is 47.5 Å². The number of nitrogens with two attached hydrogens (primary N) is 1. The summed E-state index contributed by atoms with van der Waals surface area (Å²) in [6, 6.07) is 17.7. The molecule has 4 aromatic carbocycles. The first-order valence-electron chi connectivity index (χ1n) is 18.1. The van der Waals surface area contributed by atoms with Crippen LogP contribution in [0.3, 0.4) is 0 Å². The number of nitrogens with zero attached hydrogens (tertiary/aromatic N) is 1. The van der Waals surface area contributed by atoms with E-state index in [1.54, 1.807) is 24.3 Å². The van der Waals surface area contributed by atoms with Crippen LogP contribution in [0.4, 0.5) is 0 Å². The van der Waals surface area contributed by atoms with Gasteiger partial charge in [0.15, 0.2) is 11.6 Å². The third kappa shape index (κ3) is 9.87. The van der Waals surface area contributed by atoms with E-state index in [1.165, 1.54) is 43.1 Å². The van der Waals surface area contributed by atoms with Gasteiger partial charge in [-0.25, -0.2) is 4.79 Å². The van der Waals surface area contributed by atoms with Crippen molar-refractivity contribution >= 4 is 72.8 Å². The molecule has 6 N–H and O–H groups in total. The number of halogens is 3. The van der Waals surface area contributed by atoms with Crippen LogP contribution in [0.25, 0.3) is 22.3 Å². The first kappa shape index (κ1) is 42.6. The summed E-state index contributed by atoms with van der Waals surface area (Å²) in [5.74, 6) is -5.65. The van der Waals surface area contributed by atoms with Crippen molar-refractivity contribution in [1.29, 1.82) is 0 Å². The monoisotopic (exact) mass is 909 g/mol. The number of aromatic hydroxyl groups is 2. The number of phenolic OH excluding ortho intramolecular Hbond substituents is 2. The molecule has 4 aromatic rings. The van der Waals surface area contributed by atoms with Crippen molar-refractivity contribution in [1.82, 2.24) is 10.2 Å². The number of phenols is 2. The molecule has 294 valence electrons. The molecular formula is C42H42Br2ClN3O8. The van der Waals surface area contributed by atoms with Crippen LogP contribution in [0, 0.1) is 11.8 Å². The molecule has 0 saturated heterocycles. The second-order valence-corrected chi connectivity index (χ2v) is 16.2. The van der Waals surface area contributed by atoms with Crippen LogP contribution in [0.1, 0.15) is 66.6 Å². The van der Waals surface area contributed by atoms with Gasteiger partial charge in [-0.15, -0.1) is 0 Å². The van der Waals surface area contributed by atoms with Crippen LogP contribution < -0.4 is 11.1 Å². The van der Waals surface area contributed by atoms with Gasteiger partial charge in [0.25, 0.3) is 0 Å². The number of carbonyl (C=O) groups is 5. The van der Waals surface area contributed by atoms with Crippen LogP contribution in [0.5, 0.6) is 11.5 Å². The van der Waals surface area contributed by atoms with Crippen LogP contribution >= 0.6 is 43.5 Å². The number of nitrogens with one attached hydrogen (secondary N) is 1. The fraction of sp³-hybridized carbons (Fsp3) is 0.310. The van der Waals surface area contributed by atoms with Crippen LogP contribution in [0.15, 0.2) is 81.7 Å². The molecule has 11 nitrogen and oxygen atoms in total. The van der Waals surface area contributed by atoms with Gasteiger partial charge in [-0.3, -0.25) is 19.2 Å². The van der Waals surface area contributed by atoms with Gasteiger partial charge in [0.2, 0.25) is 11.8 Å². The minimum atomic E-state index is -1.38. The molecule has 1 aliphatic heterocycles. The van der Waals surface area contributed by atoms with E-state index in [-0.39, 0.29) is 62.2 Å². The van der Waals surface area contributed by atoms with E-state index in [2.05, 4.69) is 37.2 Å². The molecule has 2 amide bonds. The van der Waals surface area contributed by atoms with Crippen molar-refractivity contribution in [2.45, 2.75) is 57.5 Å². The predicted octanol–water partition coefficient (Wildman–Crippen LogP) is 7.85. The van der Waals surface area contributed by atoms with Gasteiger partial charge >= 0.3 is 5.97 Å². The zero-order valence-corrected chi connectivity index (χ0v) is 34.7. The van der Waals surface area contributed by atoms with Gasteiger partial charge in [-0.1, -0.05) is 61.3 Å². The van der Waals surface area contributed by atoms with Gasteiger partial charge in [-0.2, -0.15) is 0 Å². The van der Waals surface area contributed by atoms with Crippen LogP contribution in [-0.4, -0.2) is 69.2 Å². The zero-order chi connectivity index (χ0) is 40.8. The highest BCUT2D eigenvalue weighted by Crippen LogP contribution is 2.45. The third-order valence-corrected chi connectivity index (χ3v) is 11.5. The van der Waals surface area contributed by atoms with E-state index >= 15 is 0 Å². The van der Waals surface area contributed by atoms with Gasteiger partial charge in [0.05, 0.1) is 8.95 Å². The largest absolute Gasteiger partial charge is 0.506 e. The Kier molecular flexibility index (Phi) is 14.1. The minimum Gasteiger partial charge on any atom is -0.506 e. The highest BCUT2D eigenvalue weighted by molar-refractivity contribution is 9.11. The average Bonchev–Trinajstić information content (AvgIpc) is 3.16. The number of aliphatic carboxylic acids is 1. The highest BCUT2D eigenvalue weighted by Gasteiger charge is 2.36. The summed E-state index contributed by atoms with van der Waals surface area (Å²) in [6.07, 6.45) is 0.784. The Balaban J connectivity index is 1.55. The molecule has 0 aliphatic carbocycles. The summed E-state index contributed by atoms with van der Waals surface area (Å²) in [5.41, 5.74) is 8.91. The maximum atomic E-state index is 14.6. The molecule has 1 aliphatic rings. The van der Waals surface area contributed by atoms with E-state index in [9.17, 15) is 39.3 Å². The summed E-state index contributed by atoms with van der Waals surface area (Å²) in [4.78, 5) is 69.6. The lowest BCUT2D eigenvalue weighted by Gasteiger charge is -2.32. The van der Waals surface area contributed by atoms with Crippen molar-refractivity contribution in [3.8, 4) is 33.8 Å². The van der Waals surface area contributed by atoms with E-state index in [4.69, 9.17) is 17.3 Å². The molecule has 0 spiro atoms. The molecule has 0 radical (unpaired) electrons. The highest BCUT2D eigenvalue weighted by atomic mass is 79.9. The Morgan fingerprint density at radius 1 is 0.893 bits per heavy atom. The average molecular weight is 912 g/mol. The number of benzene rings is 4. The topological polar surface area (TPSA) is 187 Å². The molecule has 56 heavy (non-hydrogen) atoms. The smallest absolute Gasteiger partial charge is 0.326 e. The molecule has 4 atom stereocenters. The lowest BCUT2D eigenvalue weighted by Crippen LogP contribution is -2.45. The number of amides is 2. The zero-order valence-electron chi connectivity index (χ0n) is 30.7. The Labute approximate surface area is 346 Å². The van der Waals surface area contributed by atoms with Crippen molar-refractivity contribution in [2.24, 2.45) is 17.6 Å². The Hall–Kier alpha value is -4.56. The molecule has 1 heterocycles. The maximum absolute atomic E-state index is 14.6. The van der Waals surface area contributed by atoms with E-state index in [1.807, 2.05) is 24.3 Å². The van der Waals surface area contributed by atoms with Gasteiger partial charge < -0.3 is 31.3 Å². The number of carboxylic acids is 1. The number of hydrogen-bond acceptors (Lipinski definition) is 8. The van der Waals surface area contributed by atoms with Gasteiger partial charge in [0, 0.05) is 59.9 Å². The molecular weight excluding hydrogens is 870 g/mol. The van der Waals surface area contributed by atoms with E-state index in [0.29, 0.717) is 42.0 Å². The number of likely N-dealkylation sites (N-methyl/N-ethyl adjacent to an activating group) is 1. The van der Waals surface area contributed by atoms with Crippen molar-refractivity contribution in [3.63, 3.8) is 0 Å². The lowest BCUT2D eigenvalue weighted by molar-refractivity contribution is -0.144. The van der Waals surface area contributed by atoms with Gasteiger partial charge in [-0.05, 0) is 110 Å². The minimum absolute atomic E-state index is 0.103. The van der Waals surface area contributed by atoms with Crippen LogP contribution in [0.2, 0.25) is 5.02 Å². The van der Waals surface area contributed by atoms with E-state index in [0.717, 1.165) is 11.1 Å². The second kappa shape index (κ2) is 18.6. The molecule has 0 unspecified atom stereocenters. The summed E-state index contributed by atoms with van der Waals surface area (Å²) in [7, 11) is 1.45. The number of rotatable bonds is 11. The summed E-state index contributed by atoms with van der Waals surface area (Å²) in [5, 5.41) is 35.6. The maximum Gasteiger partial charge on any atom is 0.326 e. The lowest BCUT2D eigenvalue weighted by atomic mass is 9.88. The predicted molar refractivity (Wildman–Crippen MR) is 220 cm³/mol. The summed E-state index contributed by atoms with van der Waals surface area (Å²) < 4.78 is 0.356. The SMILES string of the molecule is C[C@@H]1CC(=O)[C@@H](N(C)C(=O)[C@H](CCCCN)CC(=O)c2ccc(-c3ccc(Cl)cc3)cc2)c2cc(Br)c(O)c(c2)-c2cc(cc(Br)c2O)C[C@@H](C(=O)O)NC1=O. The number of unbranched alkanes of at least 4 members (excludes halogenated alkanes) is 1. The third-order valence-electron chi connectivity index (χ3n) is 10.0. The molecule has 4 bridgehead atoms. The standard InChI is InChI=1S/C42H42Br2ClN3O8/c1-22-15-36(50)37(28-19-31(39(52)33(44)20-28)30-16-23(17-32(43)38(30)51)18-34(42(55)56)47-40(22)53)48(2)41(54)27(5-3-4-14-46)21-35(49)26-8-6-24(7-9-26)25-10-12-29(45)13-11-25/h6-13,16-17,19-20,22,27,34,37,51-52H,3-5,14-15,18,21,46H2,1-2H3,(H,47,53)(H,55,56)/t22-,27-,34+,37+/m1/s1. The van der Waals surface area contributed by atoms with Gasteiger partial charge in [0.1, 0.15) is 23.6 Å². The second-order valence-electron chi connectivity index (χ2n) is 14.1.